The Hall–Kier alpha value is -1.69. The summed E-state index contributed by atoms with van der Waals surface area (Å²) < 4.78 is 0. The normalized spacial score (nSPS) is 10.8. The van der Waals surface area contributed by atoms with Gasteiger partial charge >= 0.3 is 0 Å². The summed E-state index contributed by atoms with van der Waals surface area (Å²) in [5, 5.41) is 27.5. The molecule has 0 unspecified atom stereocenters. The van der Waals surface area contributed by atoms with E-state index in [-0.39, 0.29) is 11.5 Å². The second-order valence-corrected chi connectivity index (χ2v) is 3.41. The van der Waals surface area contributed by atoms with Crippen LogP contribution in [-0.2, 0) is 5.41 Å². The van der Waals surface area contributed by atoms with Gasteiger partial charge in [0.1, 0.15) is 0 Å². The van der Waals surface area contributed by atoms with Crippen molar-refractivity contribution in [3.05, 3.63) is 23.8 Å². The van der Waals surface area contributed by atoms with Crippen LogP contribution in [0.3, 0.4) is 0 Å². The maximum Gasteiger partial charge on any atom is 0.162 e. The molecule has 0 atom stereocenters. The smallest absolute Gasteiger partial charge is 0.162 e. The fourth-order valence-corrected chi connectivity index (χ4v) is 1.10. The lowest BCUT2D eigenvalue weighted by Crippen LogP contribution is -2.13. The number of aromatic hydroxyl groups is 2. The van der Waals surface area contributed by atoms with Gasteiger partial charge in [0.25, 0.3) is 0 Å². The predicted molar refractivity (Wildman–Crippen MR) is 48.4 cm³/mol. The van der Waals surface area contributed by atoms with Crippen molar-refractivity contribution in [2.24, 2.45) is 0 Å². The van der Waals surface area contributed by atoms with E-state index in [4.69, 9.17) is 5.26 Å². The molecule has 3 nitrogen and oxygen atoms in total. The molecule has 0 amide bonds. The summed E-state index contributed by atoms with van der Waals surface area (Å²) in [6.45, 7) is 3.36. The van der Waals surface area contributed by atoms with Crippen molar-refractivity contribution in [1.29, 1.82) is 5.26 Å². The fraction of sp³-hybridized carbons (Fsp3) is 0.300. The molecular weight excluding hydrogens is 166 g/mol. The van der Waals surface area contributed by atoms with E-state index in [1.54, 1.807) is 26.0 Å². The number of hydrogen-bond acceptors (Lipinski definition) is 3. The predicted octanol–water partition coefficient (Wildman–Crippen LogP) is 1.90. The molecule has 0 radical (unpaired) electrons. The molecule has 0 aromatic heterocycles. The van der Waals surface area contributed by atoms with Crippen LogP contribution in [0.15, 0.2) is 18.2 Å². The minimum Gasteiger partial charge on any atom is -0.504 e. The Labute approximate surface area is 76.9 Å². The van der Waals surface area contributed by atoms with Crippen molar-refractivity contribution in [1.82, 2.24) is 0 Å². The van der Waals surface area contributed by atoms with Crippen LogP contribution in [0, 0.1) is 11.3 Å². The fourth-order valence-electron chi connectivity index (χ4n) is 1.10. The number of nitrogens with zero attached hydrogens (tertiary/aromatic N) is 1. The van der Waals surface area contributed by atoms with Crippen molar-refractivity contribution in [2.75, 3.05) is 0 Å². The van der Waals surface area contributed by atoms with Gasteiger partial charge in [0.15, 0.2) is 11.5 Å². The molecule has 1 rings (SSSR count). The first kappa shape index (κ1) is 9.40. The first-order valence-corrected chi connectivity index (χ1v) is 3.91. The van der Waals surface area contributed by atoms with Gasteiger partial charge in [-0.2, -0.15) is 5.26 Å². The number of phenolic OH excluding ortho intramolecular Hbond substituents is 2. The van der Waals surface area contributed by atoms with Gasteiger partial charge < -0.3 is 10.2 Å². The highest BCUT2D eigenvalue weighted by Gasteiger charge is 2.24. The summed E-state index contributed by atoms with van der Waals surface area (Å²) in [7, 11) is 0. The molecule has 0 fully saturated rings. The largest absolute Gasteiger partial charge is 0.504 e. The zero-order valence-corrected chi connectivity index (χ0v) is 7.57. The highest BCUT2D eigenvalue weighted by Crippen LogP contribution is 2.36. The van der Waals surface area contributed by atoms with Crippen LogP contribution in [0.25, 0.3) is 0 Å². The van der Waals surface area contributed by atoms with Crippen molar-refractivity contribution in [2.45, 2.75) is 19.3 Å². The van der Waals surface area contributed by atoms with Crippen molar-refractivity contribution < 1.29 is 10.2 Å². The number of hydrogen-bond donors (Lipinski definition) is 2. The summed E-state index contributed by atoms with van der Waals surface area (Å²) in [4.78, 5) is 0. The van der Waals surface area contributed by atoms with Crippen LogP contribution in [0.5, 0.6) is 11.5 Å². The van der Waals surface area contributed by atoms with Gasteiger partial charge in [-0.15, -0.1) is 0 Å². The second kappa shape index (κ2) is 2.98. The first-order chi connectivity index (χ1) is 5.99. The number of rotatable bonds is 1. The third kappa shape index (κ3) is 1.57. The molecule has 13 heavy (non-hydrogen) atoms. The lowest BCUT2D eigenvalue weighted by Gasteiger charge is -2.17. The Morgan fingerprint density at radius 1 is 1.31 bits per heavy atom. The minimum atomic E-state index is -0.789. The molecule has 0 saturated heterocycles. The molecular formula is C10H11NO2. The Balaban J connectivity index is 3.33. The highest BCUT2D eigenvalue weighted by molar-refractivity contribution is 5.49. The average molecular weight is 177 g/mol. The van der Waals surface area contributed by atoms with Crippen molar-refractivity contribution >= 4 is 0 Å². The molecule has 1 aromatic carbocycles. The molecule has 0 aliphatic carbocycles. The van der Waals surface area contributed by atoms with Crippen LogP contribution >= 0.6 is 0 Å². The minimum absolute atomic E-state index is 0.194. The molecule has 68 valence electrons. The van der Waals surface area contributed by atoms with Crippen LogP contribution in [0.4, 0.5) is 0 Å². The van der Waals surface area contributed by atoms with Crippen molar-refractivity contribution in [3.8, 4) is 17.6 Å². The van der Waals surface area contributed by atoms with Gasteiger partial charge in [-0.05, 0) is 19.9 Å². The second-order valence-electron chi connectivity index (χ2n) is 3.41. The summed E-state index contributed by atoms with van der Waals surface area (Å²) in [5.41, 5.74) is -0.349. The molecule has 0 bridgehead atoms. The van der Waals surface area contributed by atoms with Crippen LogP contribution < -0.4 is 0 Å². The Kier molecular flexibility index (Phi) is 2.16. The van der Waals surface area contributed by atoms with Crippen LogP contribution in [0.2, 0.25) is 0 Å². The van der Waals surface area contributed by atoms with Gasteiger partial charge in [0, 0.05) is 5.56 Å². The van der Waals surface area contributed by atoms with E-state index in [9.17, 15) is 10.2 Å². The monoisotopic (exact) mass is 177 g/mol. The molecule has 0 saturated carbocycles. The quantitative estimate of drug-likeness (QED) is 0.644. The Morgan fingerprint density at radius 2 is 1.92 bits per heavy atom. The average Bonchev–Trinajstić information content (AvgIpc) is 2.09. The third-order valence-electron chi connectivity index (χ3n) is 1.97. The molecule has 1 aromatic rings. The number of phenols is 2. The zero-order chi connectivity index (χ0) is 10.1. The van der Waals surface area contributed by atoms with Gasteiger partial charge in [-0.25, -0.2) is 0 Å². The lowest BCUT2D eigenvalue weighted by molar-refractivity contribution is 0.393. The molecule has 3 heteroatoms. The third-order valence-corrected chi connectivity index (χ3v) is 1.97. The number of benzene rings is 1. The highest BCUT2D eigenvalue weighted by atomic mass is 16.3. The van der Waals surface area contributed by atoms with Gasteiger partial charge in [0.05, 0.1) is 11.5 Å². The maximum absolute atomic E-state index is 9.46. The SMILES string of the molecule is CC(C)(C#N)c1cccc(O)c1O. The van der Waals surface area contributed by atoms with E-state index in [0.29, 0.717) is 5.56 Å². The van der Waals surface area contributed by atoms with E-state index in [1.807, 2.05) is 0 Å². The van der Waals surface area contributed by atoms with E-state index in [2.05, 4.69) is 6.07 Å². The standard InChI is InChI=1S/C10H11NO2/c1-10(2,6-11)7-4-3-5-8(12)9(7)13/h3-5,12-13H,1-2H3. The van der Waals surface area contributed by atoms with Crippen LogP contribution in [0.1, 0.15) is 19.4 Å². The summed E-state index contributed by atoms with van der Waals surface area (Å²) >= 11 is 0. The van der Waals surface area contributed by atoms with E-state index in [0.717, 1.165) is 0 Å². The van der Waals surface area contributed by atoms with Crippen LogP contribution in [-0.4, -0.2) is 10.2 Å². The number of para-hydroxylation sites is 1. The molecule has 0 heterocycles. The van der Waals surface area contributed by atoms with E-state index < -0.39 is 5.41 Å². The molecule has 0 spiro atoms. The zero-order valence-electron chi connectivity index (χ0n) is 7.57. The Morgan fingerprint density at radius 3 is 2.46 bits per heavy atom. The molecule has 0 aliphatic rings. The lowest BCUT2D eigenvalue weighted by atomic mass is 9.85. The summed E-state index contributed by atoms with van der Waals surface area (Å²) in [5.74, 6) is -0.408. The number of nitriles is 1. The maximum atomic E-state index is 9.46. The topological polar surface area (TPSA) is 64.2 Å². The van der Waals surface area contributed by atoms with Gasteiger partial charge in [0.2, 0.25) is 0 Å². The summed E-state index contributed by atoms with van der Waals surface area (Å²) in [6.07, 6.45) is 0. The molecule has 0 aliphatic heterocycles. The Bertz CT molecular complexity index is 364. The molecule has 2 N–H and O–H groups in total. The van der Waals surface area contributed by atoms with Gasteiger partial charge in [-0.3, -0.25) is 0 Å². The van der Waals surface area contributed by atoms with E-state index in [1.165, 1.54) is 6.07 Å². The van der Waals surface area contributed by atoms with Crippen molar-refractivity contribution in [3.63, 3.8) is 0 Å². The summed E-state index contributed by atoms with van der Waals surface area (Å²) in [6, 6.07) is 6.66. The van der Waals surface area contributed by atoms with Gasteiger partial charge in [-0.1, -0.05) is 12.1 Å². The first-order valence-electron chi connectivity index (χ1n) is 3.91. The van der Waals surface area contributed by atoms with E-state index >= 15 is 0 Å².